The molecule has 1 aromatic heterocycles. The van der Waals surface area contributed by atoms with Gasteiger partial charge in [0.25, 0.3) is 0 Å². The van der Waals surface area contributed by atoms with Crippen LogP contribution in [0.2, 0.25) is 0 Å². The lowest BCUT2D eigenvalue weighted by molar-refractivity contribution is 0.0698. The number of imidazole rings is 1. The van der Waals surface area contributed by atoms with Gasteiger partial charge in [0.05, 0.1) is 16.6 Å². The average Bonchev–Trinajstić information content (AvgIpc) is 2.65. The lowest BCUT2D eigenvalue weighted by Gasteiger charge is -2.29. The standard InChI is InChI=1S/C15H20N2O3/c1-9(2)15(3,4)8-17-12-10(13(18)19)6-5-7-11(12)16-14(17)20/h5-7,9H,8H2,1-4H3,(H,16,20)(H,18,19). The first-order chi connectivity index (χ1) is 9.24. The number of aromatic carboxylic acids is 1. The maximum Gasteiger partial charge on any atom is 0.337 e. The van der Waals surface area contributed by atoms with E-state index in [4.69, 9.17) is 0 Å². The Labute approximate surface area is 117 Å². The van der Waals surface area contributed by atoms with Crippen molar-refractivity contribution in [1.29, 1.82) is 0 Å². The number of benzene rings is 1. The number of H-pyrrole nitrogens is 1. The number of aromatic nitrogens is 2. The minimum absolute atomic E-state index is 0.107. The maximum absolute atomic E-state index is 12.1. The molecule has 5 heteroatoms. The molecule has 0 atom stereocenters. The normalized spacial score (nSPS) is 12.2. The van der Waals surface area contributed by atoms with E-state index >= 15 is 0 Å². The predicted molar refractivity (Wildman–Crippen MR) is 78.1 cm³/mol. The van der Waals surface area contributed by atoms with Crippen LogP contribution < -0.4 is 5.69 Å². The summed E-state index contributed by atoms with van der Waals surface area (Å²) in [5.74, 6) is -0.651. The number of carbonyl (C=O) groups is 1. The molecule has 2 N–H and O–H groups in total. The number of hydrogen-bond acceptors (Lipinski definition) is 2. The smallest absolute Gasteiger partial charge is 0.337 e. The van der Waals surface area contributed by atoms with E-state index in [2.05, 4.69) is 32.7 Å². The van der Waals surface area contributed by atoms with E-state index in [0.29, 0.717) is 23.5 Å². The van der Waals surface area contributed by atoms with E-state index in [1.165, 1.54) is 6.07 Å². The van der Waals surface area contributed by atoms with Crippen LogP contribution in [-0.2, 0) is 6.54 Å². The fourth-order valence-corrected chi connectivity index (χ4v) is 2.13. The summed E-state index contributed by atoms with van der Waals surface area (Å²) in [5.41, 5.74) is 0.820. The first kappa shape index (κ1) is 14.4. The number of aromatic amines is 1. The van der Waals surface area contributed by atoms with Crippen LogP contribution in [0.5, 0.6) is 0 Å². The largest absolute Gasteiger partial charge is 0.478 e. The highest BCUT2D eigenvalue weighted by Crippen LogP contribution is 2.29. The number of nitrogens with one attached hydrogen (secondary N) is 1. The summed E-state index contributed by atoms with van der Waals surface area (Å²) >= 11 is 0. The number of carboxylic acid groups (broad SMARTS) is 1. The molecule has 20 heavy (non-hydrogen) atoms. The van der Waals surface area contributed by atoms with Gasteiger partial charge in [0.1, 0.15) is 0 Å². The van der Waals surface area contributed by atoms with E-state index in [1.807, 2.05) is 0 Å². The molecule has 0 amide bonds. The minimum Gasteiger partial charge on any atom is -0.478 e. The molecule has 0 saturated carbocycles. The van der Waals surface area contributed by atoms with E-state index < -0.39 is 5.97 Å². The molecule has 0 saturated heterocycles. The zero-order valence-corrected chi connectivity index (χ0v) is 12.2. The molecule has 0 fully saturated rings. The molecule has 1 aromatic carbocycles. The highest BCUT2D eigenvalue weighted by molar-refractivity contribution is 6.01. The Morgan fingerprint density at radius 3 is 2.60 bits per heavy atom. The van der Waals surface area contributed by atoms with Gasteiger partial charge in [-0.3, -0.25) is 4.57 Å². The molecule has 108 valence electrons. The number of hydrogen-bond donors (Lipinski definition) is 2. The van der Waals surface area contributed by atoms with Crippen LogP contribution in [-0.4, -0.2) is 20.6 Å². The summed E-state index contributed by atoms with van der Waals surface area (Å²) in [7, 11) is 0. The second-order valence-electron chi connectivity index (χ2n) is 6.17. The SMILES string of the molecule is CC(C)C(C)(C)Cn1c(=O)[nH]c2cccc(C(=O)O)c21. The molecule has 2 rings (SSSR count). The van der Waals surface area contributed by atoms with Gasteiger partial charge in [-0.15, -0.1) is 0 Å². The number of nitrogens with zero attached hydrogens (tertiary/aromatic N) is 1. The molecule has 0 spiro atoms. The van der Waals surface area contributed by atoms with Crippen LogP contribution in [0, 0.1) is 11.3 Å². The number of para-hydroxylation sites is 1. The fraction of sp³-hybridized carbons (Fsp3) is 0.467. The molecule has 0 radical (unpaired) electrons. The van der Waals surface area contributed by atoms with Crippen molar-refractivity contribution in [1.82, 2.24) is 9.55 Å². The highest BCUT2D eigenvalue weighted by Gasteiger charge is 2.26. The quantitative estimate of drug-likeness (QED) is 0.901. The van der Waals surface area contributed by atoms with E-state index in [-0.39, 0.29) is 16.7 Å². The Bertz CT molecular complexity index is 707. The summed E-state index contributed by atoms with van der Waals surface area (Å²) in [4.78, 5) is 26.2. The van der Waals surface area contributed by atoms with E-state index in [9.17, 15) is 14.7 Å². The lowest BCUT2D eigenvalue weighted by Crippen LogP contribution is -2.31. The van der Waals surface area contributed by atoms with Crippen molar-refractivity contribution in [2.45, 2.75) is 34.2 Å². The zero-order chi connectivity index (χ0) is 15.1. The highest BCUT2D eigenvalue weighted by atomic mass is 16.4. The summed E-state index contributed by atoms with van der Waals surface area (Å²) in [6.07, 6.45) is 0. The molecule has 1 heterocycles. The fourth-order valence-electron chi connectivity index (χ4n) is 2.13. The third kappa shape index (κ3) is 2.35. The van der Waals surface area contributed by atoms with Gasteiger partial charge in [0.15, 0.2) is 0 Å². The average molecular weight is 276 g/mol. The van der Waals surface area contributed by atoms with Gasteiger partial charge in [0.2, 0.25) is 0 Å². The molecule has 0 aliphatic rings. The summed E-state index contributed by atoms with van der Waals surface area (Å²) < 4.78 is 1.54. The Morgan fingerprint density at radius 2 is 2.05 bits per heavy atom. The Balaban J connectivity index is 2.67. The predicted octanol–water partition coefficient (Wildman–Crippen LogP) is 2.71. The Kier molecular flexibility index (Phi) is 3.46. The number of fused-ring (bicyclic) bond motifs is 1. The Hall–Kier alpha value is -2.04. The van der Waals surface area contributed by atoms with E-state index in [0.717, 1.165) is 0 Å². The molecule has 0 aliphatic heterocycles. The minimum atomic E-state index is -1.02. The van der Waals surface area contributed by atoms with Crippen LogP contribution >= 0.6 is 0 Å². The van der Waals surface area contributed by atoms with Gasteiger partial charge >= 0.3 is 11.7 Å². The zero-order valence-electron chi connectivity index (χ0n) is 12.2. The third-order valence-corrected chi connectivity index (χ3v) is 4.15. The van der Waals surface area contributed by atoms with Crippen LogP contribution in [0.25, 0.3) is 11.0 Å². The van der Waals surface area contributed by atoms with Crippen molar-refractivity contribution in [3.8, 4) is 0 Å². The van der Waals surface area contributed by atoms with Crippen LogP contribution in [0.4, 0.5) is 0 Å². The number of carboxylic acids is 1. The van der Waals surface area contributed by atoms with Gasteiger partial charge in [-0.2, -0.15) is 0 Å². The van der Waals surface area contributed by atoms with Crippen molar-refractivity contribution in [3.05, 3.63) is 34.2 Å². The monoisotopic (exact) mass is 276 g/mol. The van der Waals surface area contributed by atoms with Gasteiger partial charge in [-0.05, 0) is 23.5 Å². The van der Waals surface area contributed by atoms with Crippen molar-refractivity contribution in [2.75, 3.05) is 0 Å². The molecule has 5 nitrogen and oxygen atoms in total. The van der Waals surface area contributed by atoms with Crippen molar-refractivity contribution in [2.24, 2.45) is 11.3 Å². The first-order valence-corrected chi connectivity index (χ1v) is 6.69. The van der Waals surface area contributed by atoms with Crippen LogP contribution in [0.3, 0.4) is 0 Å². The molecule has 0 aliphatic carbocycles. The van der Waals surface area contributed by atoms with E-state index in [1.54, 1.807) is 16.7 Å². The van der Waals surface area contributed by atoms with Gasteiger partial charge in [-0.25, -0.2) is 9.59 Å². The van der Waals surface area contributed by atoms with Crippen molar-refractivity contribution < 1.29 is 9.90 Å². The summed E-state index contributed by atoms with van der Waals surface area (Å²) in [5, 5.41) is 9.29. The Morgan fingerprint density at radius 1 is 1.40 bits per heavy atom. The van der Waals surface area contributed by atoms with Gasteiger partial charge < -0.3 is 10.1 Å². The van der Waals surface area contributed by atoms with Crippen molar-refractivity contribution >= 4 is 17.0 Å². The number of rotatable bonds is 4. The summed E-state index contributed by atoms with van der Waals surface area (Å²) in [6, 6.07) is 4.89. The molecule has 0 bridgehead atoms. The second-order valence-corrected chi connectivity index (χ2v) is 6.17. The topological polar surface area (TPSA) is 75.1 Å². The maximum atomic E-state index is 12.1. The molecular weight excluding hydrogens is 256 g/mol. The van der Waals surface area contributed by atoms with Crippen LogP contribution in [0.15, 0.2) is 23.0 Å². The van der Waals surface area contributed by atoms with Gasteiger partial charge in [-0.1, -0.05) is 33.8 Å². The molecular formula is C15H20N2O3. The lowest BCUT2D eigenvalue weighted by atomic mass is 9.81. The van der Waals surface area contributed by atoms with Crippen LogP contribution in [0.1, 0.15) is 38.1 Å². The third-order valence-electron chi connectivity index (χ3n) is 4.15. The first-order valence-electron chi connectivity index (χ1n) is 6.69. The molecule has 2 aromatic rings. The van der Waals surface area contributed by atoms with Gasteiger partial charge in [0, 0.05) is 6.54 Å². The molecule has 0 unspecified atom stereocenters. The second kappa shape index (κ2) is 4.81. The summed E-state index contributed by atoms with van der Waals surface area (Å²) in [6.45, 7) is 8.82. The van der Waals surface area contributed by atoms with Crippen molar-refractivity contribution in [3.63, 3.8) is 0 Å².